The molecule has 18 heavy (non-hydrogen) atoms. The van der Waals surface area contributed by atoms with E-state index in [1.165, 1.54) is 12.1 Å². The summed E-state index contributed by atoms with van der Waals surface area (Å²) in [7, 11) is 0. The molecule has 0 aliphatic carbocycles. The molecule has 0 aliphatic heterocycles. The first-order valence-electron chi connectivity index (χ1n) is 5.64. The van der Waals surface area contributed by atoms with E-state index in [1.54, 1.807) is 13.0 Å². The van der Waals surface area contributed by atoms with E-state index in [4.69, 9.17) is 5.73 Å². The Hall–Kier alpha value is -1.95. The van der Waals surface area contributed by atoms with E-state index in [0.717, 1.165) is 5.56 Å². The number of nitrogens with zero attached hydrogens (tertiary/aromatic N) is 1. The maximum absolute atomic E-state index is 11.8. The zero-order chi connectivity index (χ0) is 13.9. The number of amides is 1. The van der Waals surface area contributed by atoms with Crippen molar-refractivity contribution in [1.82, 2.24) is 0 Å². The molecule has 0 saturated heterocycles. The van der Waals surface area contributed by atoms with Crippen molar-refractivity contribution in [3.8, 4) is 0 Å². The third kappa shape index (κ3) is 3.27. The van der Waals surface area contributed by atoms with E-state index in [1.807, 2.05) is 13.8 Å². The highest BCUT2D eigenvalue weighted by Gasteiger charge is 2.21. The molecular formula is C12H17N3O3. The smallest absolute Gasteiger partial charge is 0.293 e. The van der Waals surface area contributed by atoms with Gasteiger partial charge in [0.05, 0.1) is 11.0 Å². The molecule has 0 heterocycles. The van der Waals surface area contributed by atoms with Crippen LogP contribution in [0.15, 0.2) is 18.2 Å². The van der Waals surface area contributed by atoms with Crippen LogP contribution in [-0.4, -0.2) is 16.9 Å². The Morgan fingerprint density at radius 2 is 2.06 bits per heavy atom. The molecule has 1 aromatic rings. The molecule has 0 fully saturated rings. The fourth-order valence-electron chi connectivity index (χ4n) is 1.42. The number of nitrogens with two attached hydrogens (primary N) is 1. The van der Waals surface area contributed by atoms with Crippen molar-refractivity contribution >= 4 is 17.3 Å². The number of anilines is 1. The van der Waals surface area contributed by atoms with Gasteiger partial charge in [-0.05, 0) is 24.5 Å². The molecule has 6 nitrogen and oxygen atoms in total. The van der Waals surface area contributed by atoms with E-state index in [9.17, 15) is 14.9 Å². The van der Waals surface area contributed by atoms with Crippen molar-refractivity contribution in [3.63, 3.8) is 0 Å². The summed E-state index contributed by atoms with van der Waals surface area (Å²) in [4.78, 5) is 22.1. The average Bonchev–Trinajstić information content (AvgIpc) is 2.29. The lowest BCUT2D eigenvalue weighted by molar-refractivity contribution is -0.384. The van der Waals surface area contributed by atoms with Gasteiger partial charge in [-0.25, -0.2) is 0 Å². The minimum Gasteiger partial charge on any atom is -0.320 e. The molecule has 0 unspecified atom stereocenters. The van der Waals surface area contributed by atoms with Crippen LogP contribution in [-0.2, 0) is 4.79 Å². The van der Waals surface area contributed by atoms with Gasteiger partial charge in [0.1, 0.15) is 5.69 Å². The van der Waals surface area contributed by atoms with Crippen LogP contribution in [0.25, 0.3) is 0 Å². The minimum atomic E-state index is -0.689. The van der Waals surface area contributed by atoms with Gasteiger partial charge in [-0.2, -0.15) is 0 Å². The van der Waals surface area contributed by atoms with E-state index in [-0.39, 0.29) is 17.3 Å². The van der Waals surface area contributed by atoms with Gasteiger partial charge in [-0.15, -0.1) is 0 Å². The first kappa shape index (κ1) is 14.1. The number of aryl methyl sites for hydroxylation is 1. The Morgan fingerprint density at radius 1 is 1.44 bits per heavy atom. The van der Waals surface area contributed by atoms with Crippen LogP contribution < -0.4 is 11.1 Å². The second kappa shape index (κ2) is 5.59. The molecule has 3 N–H and O–H groups in total. The van der Waals surface area contributed by atoms with E-state index >= 15 is 0 Å². The Balaban J connectivity index is 2.98. The number of carbonyl (C=O) groups is 1. The highest BCUT2D eigenvalue weighted by molar-refractivity contribution is 5.96. The first-order valence-corrected chi connectivity index (χ1v) is 5.64. The van der Waals surface area contributed by atoms with Gasteiger partial charge in [-0.1, -0.05) is 19.9 Å². The number of hydrogen-bond acceptors (Lipinski definition) is 4. The third-order valence-corrected chi connectivity index (χ3v) is 2.63. The van der Waals surface area contributed by atoms with Crippen LogP contribution in [0, 0.1) is 23.0 Å². The molecule has 1 amide bonds. The minimum absolute atomic E-state index is 0.0329. The molecule has 98 valence electrons. The number of nitrogens with one attached hydrogen (secondary N) is 1. The highest BCUT2D eigenvalue weighted by atomic mass is 16.6. The number of rotatable bonds is 4. The molecule has 1 aromatic carbocycles. The van der Waals surface area contributed by atoms with Crippen LogP contribution in [0.3, 0.4) is 0 Å². The predicted molar refractivity (Wildman–Crippen MR) is 69.3 cm³/mol. The normalized spacial score (nSPS) is 12.3. The van der Waals surface area contributed by atoms with Gasteiger partial charge in [-0.3, -0.25) is 14.9 Å². The summed E-state index contributed by atoms with van der Waals surface area (Å²) in [6, 6.07) is 3.93. The maximum Gasteiger partial charge on any atom is 0.293 e. The molecule has 1 rings (SSSR count). The monoisotopic (exact) mass is 251 g/mol. The van der Waals surface area contributed by atoms with Gasteiger partial charge >= 0.3 is 0 Å². The molecule has 0 aliphatic rings. The zero-order valence-electron chi connectivity index (χ0n) is 10.6. The number of hydrogen-bond donors (Lipinski definition) is 2. The Bertz CT molecular complexity index is 472. The fourth-order valence-corrected chi connectivity index (χ4v) is 1.42. The van der Waals surface area contributed by atoms with Gasteiger partial charge in [0.25, 0.3) is 5.69 Å². The highest BCUT2D eigenvalue weighted by Crippen LogP contribution is 2.25. The quantitative estimate of drug-likeness (QED) is 0.630. The van der Waals surface area contributed by atoms with E-state index < -0.39 is 16.9 Å². The summed E-state index contributed by atoms with van der Waals surface area (Å²) >= 11 is 0. The first-order chi connectivity index (χ1) is 8.32. The van der Waals surface area contributed by atoms with Crippen molar-refractivity contribution in [1.29, 1.82) is 0 Å². The fraction of sp³-hybridized carbons (Fsp3) is 0.417. The van der Waals surface area contributed by atoms with Gasteiger partial charge in [0.2, 0.25) is 5.91 Å². The molecule has 0 radical (unpaired) electrons. The van der Waals surface area contributed by atoms with Crippen molar-refractivity contribution in [2.75, 3.05) is 5.32 Å². The molecule has 0 aromatic heterocycles. The lowest BCUT2D eigenvalue weighted by Gasteiger charge is -2.15. The lowest BCUT2D eigenvalue weighted by Crippen LogP contribution is -2.39. The predicted octanol–water partition coefficient (Wildman–Crippen LogP) is 1.83. The van der Waals surface area contributed by atoms with Crippen LogP contribution in [0.4, 0.5) is 11.4 Å². The number of nitro groups is 1. The van der Waals surface area contributed by atoms with Crippen LogP contribution >= 0.6 is 0 Å². The van der Waals surface area contributed by atoms with Gasteiger partial charge < -0.3 is 11.1 Å². The molecule has 0 spiro atoms. The Kier molecular flexibility index (Phi) is 4.38. The van der Waals surface area contributed by atoms with Crippen molar-refractivity contribution < 1.29 is 9.72 Å². The lowest BCUT2D eigenvalue weighted by atomic mass is 10.0. The molecule has 0 bridgehead atoms. The molecule has 0 saturated carbocycles. The second-order valence-electron chi connectivity index (χ2n) is 4.54. The molecular weight excluding hydrogens is 234 g/mol. The van der Waals surface area contributed by atoms with Crippen molar-refractivity contribution in [3.05, 3.63) is 33.9 Å². The van der Waals surface area contributed by atoms with Crippen LogP contribution in [0.5, 0.6) is 0 Å². The number of carbonyl (C=O) groups excluding carboxylic acids is 1. The average molecular weight is 251 g/mol. The number of benzene rings is 1. The largest absolute Gasteiger partial charge is 0.320 e. The number of nitro benzene ring substituents is 1. The van der Waals surface area contributed by atoms with Crippen LogP contribution in [0.1, 0.15) is 19.4 Å². The summed E-state index contributed by atoms with van der Waals surface area (Å²) in [6.07, 6.45) is 0. The molecule has 1 atom stereocenters. The second-order valence-corrected chi connectivity index (χ2v) is 4.54. The van der Waals surface area contributed by atoms with Gasteiger partial charge in [0.15, 0.2) is 0 Å². The summed E-state index contributed by atoms with van der Waals surface area (Å²) in [5.74, 6) is -0.452. The zero-order valence-corrected chi connectivity index (χ0v) is 10.6. The van der Waals surface area contributed by atoms with Crippen molar-refractivity contribution in [2.45, 2.75) is 26.8 Å². The third-order valence-electron chi connectivity index (χ3n) is 2.63. The van der Waals surface area contributed by atoms with Crippen molar-refractivity contribution in [2.24, 2.45) is 11.7 Å². The summed E-state index contributed by atoms with van der Waals surface area (Å²) in [5.41, 5.74) is 6.49. The Morgan fingerprint density at radius 3 is 2.56 bits per heavy atom. The molecule has 6 heteroatoms. The summed E-state index contributed by atoms with van der Waals surface area (Å²) < 4.78 is 0. The topological polar surface area (TPSA) is 98.3 Å². The van der Waals surface area contributed by atoms with E-state index in [2.05, 4.69) is 5.32 Å². The maximum atomic E-state index is 11.8. The van der Waals surface area contributed by atoms with E-state index in [0.29, 0.717) is 0 Å². The Labute approximate surface area is 105 Å². The summed E-state index contributed by atoms with van der Waals surface area (Å²) in [5, 5.41) is 13.4. The standard InChI is InChI=1S/C12H17N3O3/c1-7(2)11(13)12(16)14-9-5-4-8(3)6-10(9)15(17)18/h4-7,11H,13H2,1-3H3,(H,14,16)/t11-/m0/s1. The van der Waals surface area contributed by atoms with Crippen LogP contribution in [0.2, 0.25) is 0 Å². The SMILES string of the molecule is Cc1ccc(NC(=O)[C@@H](N)C(C)C)c([N+](=O)[O-])c1. The van der Waals surface area contributed by atoms with Gasteiger partial charge in [0, 0.05) is 6.07 Å². The summed E-state index contributed by atoms with van der Waals surface area (Å²) in [6.45, 7) is 5.38.